The molecular formula is C15H17ClN2S. The number of benzene rings is 1. The van der Waals surface area contributed by atoms with Crippen molar-refractivity contribution in [1.82, 2.24) is 4.98 Å². The first-order valence-corrected chi connectivity index (χ1v) is 7.47. The molecule has 0 bridgehead atoms. The van der Waals surface area contributed by atoms with Gasteiger partial charge in [0.25, 0.3) is 0 Å². The zero-order valence-corrected chi connectivity index (χ0v) is 12.8. The van der Waals surface area contributed by atoms with E-state index < -0.39 is 0 Å². The summed E-state index contributed by atoms with van der Waals surface area (Å²) in [4.78, 5) is 5.40. The number of pyridine rings is 1. The van der Waals surface area contributed by atoms with Crippen molar-refractivity contribution in [2.75, 3.05) is 5.32 Å². The highest BCUT2D eigenvalue weighted by Crippen LogP contribution is 2.33. The van der Waals surface area contributed by atoms with Crippen LogP contribution < -0.4 is 5.32 Å². The largest absolute Gasteiger partial charge is 0.353 e. The number of hydrogen-bond acceptors (Lipinski definition) is 3. The average molecular weight is 293 g/mol. The van der Waals surface area contributed by atoms with Gasteiger partial charge in [-0.25, -0.2) is 0 Å². The Morgan fingerprint density at radius 3 is 2.68 bits per heavy atom. The number of nitrogens with zero attached hydrogens (tertiary/aromatic N) is 1. The Labute approximate surface area is 123 Å². The van der Waals surface area contributed by atoms with E-state index in [1.165, 1.54) is 4.90 Å². The lowest BCUT2D eigenvalue weighted by molar-refractivity contribution is 1.11. The van der Waals surface area contributed by atoms with Gasteiger partial charge in [0.1, 0.15) is 0 Å². The molecule has 1 aromatic heterocycles. The molecule has 2 rings (SSSR count). The summed E-state index contributed by atoms with van der Waals surface area (Å²) in [6, 6.07) is 10.2. The summed E-state index contributed by atoms with van der Waals surface area (Å²) in [6.07, 6.45) is 1.68. The number of nitrogens with one attached hydrogen (secondary N) is 1. The molecule has 1 heterocycles. The quantitative estimate of drug-likeness (QED) is 0.775. The van der Waals surface area contributed by atoms with E-state index in [1.807, 2.05) is 30.8 Å². The van der Waals surface area contributed by atoms with E-state index in [1.54, 1.807) is 6.20 Å². The maximum atomic E-state index is 6.17. The van der Waals surface area contributed by atoms with Gasteiger partial charge in [-0.15, -0.1) is 11.8 Å². The van der Waals surface area contributed by atoms with Crippen LogP contribution in [0.5, 0.6) is 0 Å². The van der Waals surface area contributed by atoms with Crippen LogP contribution in [-0.2, 0) is 0 Å². The van der Waals surface area contributed by atoms with Crippen molar-refractivity contribution < 1.29 is 0 Å². The van der Waals surface area contributed by atoms with E-state index in [0.29, 0.717) is 10.3 Å². The van der Waals surface area contributed by atoms with Crippen molar-refractivity contribution >= 4 is 34.7 Å². The van der Waals surface area contributed by atoms with Gasteiger partial charge in [-0.05, 0) is 25.1 Å². The molecule has 0 radical (unpaired) electrons. The Hall–Kier alpha value is -1.19. The summed E-state index contributed by atoms with van der Waals surface area (Å²) in [5.41, 5.74) is 2.92. The molecule has 0 saturated carbocycles. The average Bonchev–Trinajstić information content (AvgIpc) is 2.35. The zero-order valence-electron chi connectivity index (χ0n) is 11.3. The molecule has 0 fully saturated rings. The molecule has 0 aliphatic heterocycles. The number of hydrogen-bond donors (Lipinski definition) is 1. The molecule has 0 amide bonds. The number of aromatic nitrogens is 1. The van der Waals surface area contributed by atoms with Crippen LogP contribution in [0.3, 0.4) is 0 Å². The molecule has 100 valence electrons. The second kappa shape index (κ2) is 6.31. The van der Waals surface area contributed by atoms with Crippen molar-refractivity contribution in [3.05, 3.63) is 47.2 Å². The molecule has 0 saturated heterocycles. The fourth-order valence-corrected chi connectivity index (χ4v) is 2.77. The van der Waals surface area contributed by atoms with Crippen LogP contribution in [0.15, 0.2) is 41.4 Å². The molecule has 2 nitrogen and oxygen atoms in total. The molecule has 0 unspecified atom stereocenters. The lowest BCUT2D eigenvalue weighted by Gasteiger charge is -2.14. The van der Waals surface area contributed by atoms with Crippen LogP contribution in [0.2, 0.25) is 5.02 Å². The number of para-hydroxylation sites is 1. The van der Waals surface area contributed by atoms with Gasteiger partial charge >= 0.3 is 0 Å². The van der Waals surface area contributed by atoms with E-state index in [9.17, 15) is 0 Å². The van der Waals surface area contributed by atoms with Crippen LogP contribution in [-0.4, -0.2) is 10.2 Å². The third kappa shape index (κ3) is 3.88. The smallest absolute Gasteiger partial charge is 0.0824 e. The monoisotopic (exact) mass is 292 g/mol. The number of anilines is 2. The second-order valence-electron chi connectivity index (χ2n) is 4.59. The summed E-state index contributed by atoms with van der Waals surface area (Å²) < 4.78 is 0. The minimum absolute atomic E-state index is 0.539. The summed E-state index contributed by atoms with van der Waals surface area (Å²) >= 11 is 8.01. The number of aryl methyl sites for hydroxylation is 1. The molecular weight excluding hydrogens is 276 g/mol. The van der Waals surface area contributed by atoms with Crippen molar-refractivity contribution in [1.29, 1.82) is 0 Å². The second-order valence-corrected chi connectivity index (χ2v) is 6.62. The van der Waals surface area contributed by atoms with Gasteiger partial charge in [0.2, 0.25) is 0 Å². The molecule has 0 spiro atoms. The molecule has 2 aromatic rings. The van der Waals surface area contributed by atoms with E-state index in [4.69, 9.17) is 11.6 Å². The van der Waals surface area contributed by atoms with Gasteiger partial charge < -0.3 is 5.32 Å². The maximum Gasteiger partial charge on any atom is 0.0824 e. The number of rotatable bonds is 4. The summed E-state index contributed by atoms with van der Waals surface area (Å²) in [5.74, 6) is 0. The molecule has 0 aliphatic carbocycles. The van der Waals surface area contributed by atoms with Crippen LogP contribution >= 0.6 is 23.4 Å². The predicted octanol–water partition coefficient (Wildman–Crippen LogP) is 5.29. The van der Waals surface area contributed by atoms with Gasteiger partial charge in [0.05, 0.1) is 16.4 Å². The van der Waals surface area contributed by atoms with Gasteiger partial charge in [-0.3, -0.25) is 4.98 Å². The Balaban J connectivity index is 2.30. The normalized spacial score (nSPS) is 10.8. The molecule has 0 atom stereocenters. The van der Waals surface area contributed by atoms with Gasteiger partial charge in [-0.2, -0.15) is 0 Å². The Kier molecular flexibility index (Phi) is 4.72. The first-order chi connectivity index (χ1) is 9.06. The van der Waals surface area contributed by atoms with Crippen molar-refractivity contribution in [3.8, 4) is 0 Å². The molecule has 0 aliphatic rings. The lowest BCUT2D eigenvalue weighted by atomic mass is 10.3. The Bertz CT molecular complexity index is 570. The van der Waals surface area contributed by atoms with Crippen molar-refractivity contribution in [2.45, 2.75) is 30.9 Å². The SMILES string of the molecule is Cc1cc(Nc2ccccc2SC(C)C)c(Cl)cn1. The van der Waals surface area contributed by atoms with Crippen LogP contribution in [0.4, 0.5) is 11.4 Å². The highest BCUT2D eigenvalue weighted by molar-refractivity contribution is 8.00. The molecule has 4 heteroatoms. The predicted molar refractivity (Wildman–Crippen MR) is 84.7 cm³/mol. The van der Waals surface area contributed by atoms with Crippen LogP contribution in [0, 0.1) is 6.92 Å². The standard InChI is InChI=1S/C15H17ClN2S/c1-10(2)19-15-7-5-4-6-13(15)18-14-8-11(3)17-9-12(14)16/h4-10H,1-3H3,(H,17,18). The summed E-state index contributed by atoms with van der Waals surface area (Å²) in [5, 5.41) is 4.57. The van der Waals surface area contributed by atoms with E-state index in [-0.39, 0.29) is 0 Å². The van der Waals surface area contributed by atoms with Crippen LogP contribution in [0.1, 0.15) is 19.5 Å². The number of halogens is 1. The topological polar surface area (TPSA) is 24.9 Å². The number of thioether (sulfide) groups is 1. The first kappa shape index (κ1) is 14.2. The van der Waals surface area contributed by atoms with Gasteiger partial charge in [0, 0.05) is 22.0 Å². The lowest BCUT2D eigenvalue weighted by Crippen LogP contribution is -1.96. The van der Waals surface area contributed by atoms with E-state index >= 15 is 0 Å². The minimum Gasteiger partial charge on any atom is -0.353 e. The first-order valence-electron chi connectivity index (χ1n) is 6.21. The zero-order chi connectivity index (χ0) is 13.8. The maximum absolute atomic E-state index is 6.17. The molecule has 1 N–H and O–H groups in total. The van der Waals surface area contributed by atoms with E-state index in [2.05, 4.69) is 42.3 Å². The molecule has 1 aromatic carbocycles. The minimum atomic E-state index is 0.539. The Morgan fingerprint density at radius 2 is 1.95 bits per heavy atom. The third-order valence-corrected chi connectivity index (χ3v) is 3.89. The van der Waals surface area contributed by atoms with Crippen LogP contribution in [0.25, 0.3) is 0 Å². The van der Waals surface area contributed by atoms with E-state index in [0.717, 1.165) is 17.1 Å². The highest BCUT2D eigenvalue weighted by Gasteiger charge is 2.07. The molecule has 19 heavy (non-hydrogen) atoms. The summed E-state index contributed by atoms with van der Waals surface area (Å²) in [6.45, 7) is 6.33. The van der Waals surface area contributed by atoms with Gasteiger partial charge in [0.15, 0.2) is 0 Å². The Morgan fingerprint density at radius 1 is 1.21 bits per heavy atom. The summed E-state index contributed by atoms with van der Waals surface area (Å²) in [7, 11) is 0. The van der Waals surface area contributed by atoms with Gasteiger partial charge in [-0.1, -0.05) is 37.6 Å². The van der Waals surface area contributed by atoms with Crippen molar-refractivity contribution in [2.24, 2.45) is 0 Å². The van der Waals surface area contributed by atoms with Crippen molar-refractivity contribution in [3.63, 3.8) is 0 Å². The fourth-order valence-electron chi connectivity index (χ4n) is 1.71. The highest BCUT2D eigenvalue weighted by atomic mass is 35.5. The fraction of sp³-hybridized carbons (Fsp3) is 0.267. The third-order valence-electron chi connectivity index (χ3n) is 2.51.